The number of hydrogen-bond donors (Lipinski definition) is 1. The Kier molecular flexibility index (Phi) is 3.48. The van der Waals surface area contributed by atoms with E-state index in [-0.39, 0.29) is 0 Å². The highest BCUT2D eigenvalue weighted by atomic mass is 16.5. The van der Waals surface area contributed by atoms with E-state index >= 15 is 0 Å². The molecule has 1 saturated carbocycles. The van der Waals surface area contributed by atoms with Gasteiger partial charge in [0.15, 0.2) is 0 Å². The average Bonchev–Trinajstić information content (AvgIpc) is 3.14. The van der Waals surface area contributed by atoms with Crippen molar-refractivity contribution in [1.29, 1.82) is 5.26 Å². The SMILES string of the molecule is CCC1COCCN1CC(N)(C#N)C1CC1. The first kappa shape index (κ1) is 11.8. The summed E-state index contributed by atoms with van der Waals surface area (Å²) in [4.78, 5) is 2.34. The summed E-state index contributed by atoms with van der Waals surface area (Å²) in [6.45, 7) is 5.32. The molecule has 1 aliphatic carbocycles. The highest BCUT2D eigenvalue weighted by molar-refractivity contribution is 5.15. The molecule has 2 aliphatic rings. The van der Waals surface area contributed by atoms with Crippen molar-refractivity contribution in [2.75, 3.05) is 26.3 Å². The summed E-state index contributed by atoms with van der Waals surface area (Å²) in [6.07, 6.45) is 3.29. The topological polar surface area (TPSA) is 62.3 Å². The van der Waals surface area contributed by atoms with Gasteiger partial charge in [0.2, 0.25) is 0 Å². The lowest BCUT2D eigenvalue weighted by atomic mass is 9.94. The van der Waals surface area contributed by atoms with Gasteiger partial charge in [0.25, 0.3) is 0 Å². The predicted molar refractivity (Wildman–Crippen MR) is 61.7 cm³/mol. The molecule has 4 nitrogen and oxygen atoms in total. The second-order valence-corrected chi connectivity index (χ2v) is 5.03. The molecule has 1 aliphatic heterocycles. The van der Waals surface area contributed by atoms with Gasteiger partial charge in [-0.05, 0) is 25.2 Å². The summed E-state index contributed by atoms with van der Waals surface area (Å²) in [5.41, 5.74) is 5.57. The Bertz CT molecular complexity index is 284. The van der Waals surface area contributed by atoms with Crippen LogP contribution in [-0.4, -0.2) is 42.8 Å². The molecule has 4 heteroatoms. The van der Waals surface area contributed by atoms with Crippen LogP contribution in [0.4, 0.5) is 0 Å². The summed E-state index contributed by atoms with van der Waals surface area (Å²) in [5, 5.41) is 9.25. The Morgan fingerprint density at radius 2 is 2.31 bits per heavy atom. The van der Waals surface area contributed by atoms with E-state index in [0.717, 1.165) is 39.0 Å². The van der Waals surface area contributed by atoms with Gasteiger partial charge in [0.05, 0.1) is 19.3 Å². The first-order valence-electron chi connectivity index (χ1n) is 6.21. The molecule has 1 saturated heterocycles. The van der Waals surface area contributed by atoms with Gasteiger partial charge >= 0.3 is 0 Å². The highest BCUT2D eigenvalue weighted by Crippen LogP contribution is 2.38. The summed E-state index contributed by atoms with van der Waals surface area (Å²) < 4.78 is 5.46. The standard InChI is InChI=1S/C12H21N3O/c1-2-11-7-16-6-5-15(11)9-12(14,8-13)10-3-4-10/h10-11H,2-7,9,14H2,1H3. The number of hydrogen-bond acceptors (Lipinski definition) is 4. The maximum Gasteiger partial charge on any atom is 0.119 e. The van der Waals surface area contributed by atoms with E-state index in [4.69, 9.17) is 10.5 Å². The molecule has 0 bridgehead atoms. The molecule has 2 N–H and O–H groups in total. The summed E-state index contributed by atoms with van der Waals surface area (Å²) in [7, 11) is 0. The van der Waals surface area contributed by atoms with E-state index in [1.54, 1.807) is 0 Å². The lowest BCUT2D eigenvalue weighted by Crippen LogP contribution is -2.56. The molecule has 2 fully saturated rings. The van der Waals surface area contributed by atoms with E-state index in [9.17, 15) is 5.26 Å². The number of ether oxygens (including phenoxy) is 1. The van der Waals surface area contributed by atoms with Gasteiger partial charge < -0.3 is 10.5 Å². The van der Waals surface area contributed by atoms with E-state index in [1.165, 1.54) is 0 Å². The molecule has 16 heavy (non-hydrogen) atoms. The highest BCUT2D eigenvalue weighted by Gasteiger charge is 2.44. The normalized spacial score (nSPS) is 30.7. The van der Waals surface area contributed by atoms with Crippen LogP contribution < -0.4 is 5.73 Å². The Morgan fingerprint density at radius 3 is 2.88 bits per heavy atom. The van der Waals surface area contributed by atoms with Crippen molar-refractivity contribution in [2.45, 2.75) is 37.8 Å². The first-order valence-corrected chi connectivity index (χ1v) is 6.21. The molecular weight excluding hydrogens is 202 g/mol. The zero-order valence-electron chi connectivity index (χ0n) is 9.98. The van der Waals surface area contributed by atoms with Gasteiger partial charge in [-0.1, -0.05) is 6.92 Å². The number of nitriles is 1. The molecule has 0 aromatic carbocycles. The van der Waals surface area contributed by atoms with Gasteiger partial charge in [0, 0.05) is 19.1 Å². The van der Waals surface area contributed by atoms with Crippen LogP contribution in [0.25, 0.3) is 0 Å². The molecule has 0 amide bonds. The fourth-order valence-corrected chi connectivity index (χ4v) is 2.46. The Labute approximate surface area is 97.3 Å². The number of nitrogens with zero attached hydrogens (tertiary/aromatic N) is 2. The minimum absolute atomic E-state index is 0.415. The molecule has 0 aromatic heterocycles. The van der Waals surface area contributed by atoms with Crippen molar-refractivity contribution < 1.29 is 4.74 Å². The third-order valence-electron chi connectivity index (χ3n) is 3.80. The summed E-state index contributed by atoms with van der Waals surface area (Å²) in [5.74, 6) is 0.415. The van der Waals surface area contributed by atoms with Crippen molar-refractivity contribution in [3.8, 4) is 6.07 Å². The first-order chi connectivity index (χ1) is 7.69. The van der Waals surface area contributed by atoms with Crippen LogP contribution in [0.5, 0.6) is 0 Å². The lowest BCUT2D eigenvalue weighted by Gasteiger charge is -2.38. The van der Waals surface area contributed by atoms with E-state index in [0.29, 0.717) is 18.5 Å². The predicted octanol–water partition coefficient (Wildman–Crippen LogP) is 0.728. The summed E-state index contributed by atoms with van der Waals surface area (Å²) >= 11 is 0. The van der Waals surface area contributed by atoms with Gasteiger partial charge in [0.1, 0.15) is 5.54 Å². The monoisotopic (exact) mass is 223 g/mol. The van der Waals surface area contributed by atoms with Crippen LogP contribution in [0, 0.1) is 17.2 Å². The molecule has 1 heterocycles. The molecule has 90 valence electrons. The van der Waals surface area contributed by atoms with Crippen molar-refractivity contribution in [3.63, 3.8) is 0 Å². The molecule has 0 radical (unpaired) electrons. The van der Waals surface area contributed by atoms with Crippen LogP contribution in [0.1, 0.15) is 26.2 Å². The Hall–Kier alpha value is -0.630. The Morgan fingerprint density at radius 1 is 1.56 bits per heavy atom. The maximum absolute atomic E-state index is 9.25. The number of rotatable bonds is 4. The average molecular weight is 223 g/mol. The van der Waals surface area contributed by atoms with Crippen molar-refractivity contribution in [1.82, 2.24) is 4.90 Å². The Balaban J connectivity index is 1.98. The zero-order chi connectivity index (χ0) is 11.6. The van der Waals surface area contributed by atoms with E-state index in [1.807, 2.05) is 0 Å². The molecule has 2 unspecified atom stereocenters. The van der Waals surface area contributed by atoms with Crippen LogP contribution >= 0.6 is 0 Å². The van der Waals surface area contributed by atoms with Crippen molar-refractivity contribution in [3.05, 3.63) is 0 Å². The minimum atomic E-state index is -0.634. The summed E-state index contributed by atoms with van der Waals surface area (Å²) in [6, 6.07) is 2.76. The molecular formula is C12H21N3O. The second kappa shape index (κ2) is 4.70. The third kappa shape index (κ3) is 2.37. The lowest BCUT2D eigenvalue weighted by molar-refractivity contribution is -0.0158. The van der Waals surface area contributed by atoms with Crippen molar-refractivity contribution in [2.24, 2.45) is 11.7 Å². The van der Waals surface area contributed by atoms with Gasteiger partial charge in [-0.15, -0.1) is 0 Å². The van der Waals surface area contributed by atoms with E-state index < -0.39 is 5.54 Å². The number of nitrogens with two attached hydrogens (primary N) is 1. The zero-order valence-corrected chi connectivity index (χ0v) is 9.98. The molecule has 0 spiro atoms. The quantitative estimate of drug-likeness (QED) is 0.763. The smallest absolute Gasteiger partial charge is 0.119 e. The minimum Gasteiger partial charge on any atom is -0.378 e. The van der Waals surface area contributed by atoms with Crippen LogP contribution in [0.15, 0.2) is 0 Å². The fourth-order valence-electron chi connectivity index (χ4n) is 2.46. The van der Waals surface area contributed by atoms with Crippen LogP contribution in [0.3, 0.4) is 0 Å². The van der Waals surface area contributed by atoms with Crippen molar-refractivity contribution >= 4 is 0 Å². The molecule has 0 aromatic rings. The number of morpholine rings is 1. The van der Waals surface area contributed by atoms with Gasteiger partial charge in [-0.25, -0.2) is 0 Å². The largest absolute Gasteiger partial charge is 0.378 e. The van der Waals surface area contributed by atoms with E-state index in [2.05, 4.69) is 17.9 Å². The van der Waals surface area contributed by atoms with Gasteiger partial charge in [-0.2, -0.15) is 5.26 Å². The van der Waals surface area contributed by atoms with Crippen LogP contribution in [0.2, 0.25) is 0 Å². The molecule has 2 atom stereocenters. The van der Waals surface area contributed by atoms with Crippen LogP contribution in [-0.2, 0) is 4.74 Å². The second-order valence-electron chi connectivity index (χ2n) is 5.03. The maximum atomic E-state index is 9.25. The van der Waals surface area contributed by atoms with Gasteiger partial charge in [-0.3, -0.25) is 4.90 Å². The third-order valence-corrected chi connectivity index (χ3v) is 3.80. The molecule has 2 rings (SSSR count). The fraction of sp³-hybridized carbons (Fsp3) is 0.917.